The van der Waals surface area contributed by atoms with Gasteiger partial charge in [0.2, 0.25) is 0 Å². The Kier molecular flexibility index (Phi) is 9.32. The molecule has 0 radical (unpaired) electrons. The van der Waals surface area contributed by atoms with E-state index >= 15 is 0 Å². The molecule has 0 saturated carbocycles. The molecule has 1 fully saturated rings. The Morgan fingerprint density at radius 1 is 1.22 bits per heavy atom. The molecule has 1 aromatic rings. The lowest BCUT2D eigenvalue weighted by Crippen LogP contribution is -2.50. The highest BCUT2D eigenvalue weighted by molar-refractivity contribution is 9.11. The highest BCUT2D eigenvalue weighted by atomic mass is 79.9. The number of likely N-dealkylation sites (tertiary alicyclic amines) is 1. The van der Waals surface area contributed by atoms with Gasteiger partial charge in [-0.3, -0.25) is 4.79 Å². The third-order valence-corrected chi connectivity index (χ3v) is 5.41. The van der Waals surface area contributed by atoms with Gasteiger partial charge in [0, 0.05) is 31.2 Å². The standard InChI is InChI=1S/C26H35BrN2O3/c1-7-8-21(17-20(3)27)18-29(24(30)22-11-9-19(2)10-12-22)23-13-15-28(16-14-23)25(31)32-26(4,5)6/h7-12,17,23H,1,13-16,18H2,2-6H3/b20-17+,21-8+. The highest BCUT2D eigenvalue weighted by Crippen LogP contribution is 2.23. The summed E-state index contributed by atoms with van der Waals surface area (Å²) in [6.07, 6.45) is 6.78. The number of nitrogens with zero attached hydrogens (tertiary/aromatic N) is 2. The Morgan fingerprint density at radius 2 is 1.81 bits per heavy atom. The summed E-state index contributed by atoms with van der Waals surface area (Å²) in [7, 11) is 0. The number of benzene rings is 1. The largest absolute Gasteiger partial charge is 0.444 e. The van der Waals surface area contributed by atoms with Crippen LogP contribution in [0.1, 0.15) is 56.5 Å². The van der Waals surface area contributed by atoms with Gasteiger partial charge in [-0.2, -0.15) is 0 Å². The van der Waals surface area contributed by atoms with Gasteiger partial charge in [-0.25, -0.2) is 4.79 Å². The maximum Gasteiger partial charge on any atom is 0.410 e. The fourth-order valence-electron chi connectivity index (χ4n) is 3.67. The van der Waals surface area contributed by atoms with E-state index in [9.17, 15) is 9.59 Å². The minimum absolute atomic E-state index is 0.00342. The third-order valence-electron chi connectivity index (χ3n) is 5.19. The molecule has 1 heterocycles. The van der Waals surface area contributed by atoms with Crippen molar-refractivity contribution in [3.05, 3.63) is 70.3 Å². The molecule has 0 unspecified atom stereocenters. The molecule has 174 valence electrons. The zero-order valence-corrected chi connectivity index (χ0v) is 21.4. The number of ether oxygens (including phenoxy) is 1. The first-order chi connectivity index (χ1) is 15.0. The van der Waals surface area contributed by atoms with Crippen LogP contribution >= 0.6 is 15.9 Å². The van der Waals surface area contributed by atoms with Crippen molar-refractivity contribution >= 4 is 27.9 Å². The van der Waals surface area contributed by atoms with Crippen LogP contribution in [0, 0.1) is 6.92 Å². The Morgan fingerprint density at radius 3 is 2.31 bits per heavy atom. The predicted octanol–water partition coefficient (Wildman–Crippen LogP) is 6.25. The van der Waals surface area contributed by atoms with E-state index < -0.39 is 5.60 Å². The zero-order chi connectivity index (χ0) is 23.9. The van der Waals surface area contributed by atoms with Crippen molar-refractivity contribution in [3.8, 4) is 0 Å². The summed E-state index contributed by atoms with van der Waals surface area (Å²) in [4.78, 5) is 29.6. The van der Waals surface area contributed by atoms with Crippen LogP contribution < -0.4 is 0 Å². The molecule has 0 spiro atoms. The van der Waals surface area contributed by atoms with Crippen LogP contribution in [0.15, 0.2) is 59.1 Å². The highest BCUT2D eigenvalue weighted by Gasteiger charge is 2.32. The van der Waals surface area contributed by atoms with Crippen LogP contribution in [0.4, 0.5) is 4.79 Å². The fraction of sp³-hybridized carbons (Fsp3) is 0.462. The zero-order valence-electron chi connectivity index (χ0n) is 19.9. The lowest BCUT2D eigenvalue weighted by atomic mass is 10.0. The molecule has 5 nitrogen and oxygen atoms in total. The Bertz CT molecular complexity index is 869. The Balaban J connectivity index is 2.23. The van der Waals surface area contributed by atoms with E-state index in [1.54, 1.807) is 11.0 Å². The van der Waals surface area contributed by atoms with Gasteiger partial charge in [0.05, 0.1) is 0 Å². The molecule has 1 aliphatic heterocycles. The Hall–Kier alpha value is -2.34. The summed E-state index contributed by atoms with van der Waals surface area (Å²) < 4.78 is 6.49. The number of carbonyl (C=O) groups excluding carboxylic acids is 2. The van der Waals surface area contributed by atoms with Gasteiger partial charge in [0.1, 0.15) is 5.60 Å². The van der Waals surface area contributed by atoms with Crippen LogP contribution in [0.2, 0.25) is 0 Å². The fourth-order valence-corrected chi connectivity index (χ4v) is 3.96. The van der Waals surface area contributed by atoms with E-state index in [0.29, 0.717) is 38.0 Å². The monoisotopic (exact) mass is 502 g/mol. The molecule has 1 aliphatic rings. The van der Waals surface area contributed by atoms with Crippen LogP contribution in [-0.4, -0.2) is 53.1 Å². The van der Waals surface area contributed by atoms with Crippen LogP contribution in [-0.2, 0) is 4.74 Å². The van der Waals surface area contributed by atoms with Gasteiger partial charge >= 0.3 is 6.09 Å². The van der Waals surface area contributed by atoms with E-state index in [-0.39, 0.29) is 18.0 Å². The topological polar surface area (TPSA) is 49.9 Å². The molecule has 2 rings (SSSR count). The van der Waals surface area contributed by atoms with Crippen molar-refractivity contribution in [2.75, 3.05) is 19.6 Å². The van der Waals surface area contributed by atoms with Crippen molar-refractivity contribution in [2.24, 2.45) is 0 Å². The maximum absolute atomic E-state index is 13.5. The number of hydrogen-bond donors (Lipinski definition) is 0. The number of halogens is 1. The van der Waals surface area contributed by atoms with Crippen molar-refractivity contribution in [3.63, 3.8) is 0 Å². The number of rotatable bonds is 6. The van der Waals surface area contributed by atoms with Crippen molar-refractivity contribution in [1.29, 1.82) is 0 Å². The first-order valence-corrected chi connectivity index (χ1v) is 11.8. The average molecular weight is 503 g/mol. The lowest BCUT2D eigenvalue weighted by Gasteiger charge is -2.39. The normalized spacial score (nSPS) is 16.0. The SMILES string of the molecule is C=C/C=C(\C=C(/C)Br)CN(C(=O)c1ccc(C)cc1)C1CCN(C(=O)OC(C)(C)C)CC1. The van der Waals surface area contributed by atoms with Gasteiger partial charge in [0.25, 0.3) is 5.91 Å². The molecule has 6 heteroatoms. The minimum atomic E-state index is -0.522. The second-order valence-electron chi connectivity index (χ2n) is 9.21. The first-order valence-electron chi connectivity index (χ1n) is 11.0. The molecule has 0 N–H and O–H groups in total. The molecular weight excluding hydrogens is 468 g/mol. The predicted molar refractivity (Wildman–Crippen MR) is 134 cm³/mol. The van der Waals surface area contributed by atoms with Gasteiger partial charge in [-0.05, 0) is 75.7 Å². The average Bonchev–Trinajstić information content (AvgIpc) is 2.70. The van der Waals surface area contributed by atoms with Crippen molar-refractivity contribution in [1.82, 2.24) is 9.80 Å². The van der Waals surface area contributed by atoms with Gasteiger partial charge in [0.15, 0.2) is 0 Å². The number of aryl methyl sites for hydroxylation is 1. The number of carbonyl (C=O) groups is 2. The molecule has 0 atom stereocenters. The summed E-state index contributed by atoms with van der Waals surface area (Å²) in [5.41, 5.74) is 2.25. The third kappa shape index (κ3) is 7.97. The Labute approximate surface area is 200 Å². The summed E-state index contributed by atoms with van der Waals surface area (Å²) in [6.45, 7) is 15.0. The smallest absolute Gasteiger partial charge is 0.410 e. The van der Waals surface area contributed by atoms with Gasteiger partial charge in [-0.1, -0.05) is 52.4 Å². The van der Waals surface area contributed by atoms with Gasteiger partial charge in [-0.15, -0.1) is 0 Å². The van der Waals surface area contributed by atoms with E-state index in [0.717, 1.165) is 15.6 Å². The van der Waals surface area contributed by atoms with E-state index in [4.69, 9.17) is 4.74 Å². The number of piperidine rings is 1. The van der Waals surface area contributed by atoms with Crippen molar-refractivity contribution < 1.29 is 14.3 Å². The molecule has 2 amide bonds. The first kappa shape index (κ1) is 25.9. The van der Waals surface area contributed by atoms with E-state index in [1.165, 1.54) is 0 Å². The second-order valence-corrected chi connectivity index (χ2v) is 10.5. The van der Waals surface area contributed by atoms with E-state index in [1.807, 2.05) is 75.9 Å². The molecule has 0 aliphatic carbocycles. The molecule has 32 heavy (non-hydrogen) atoms. The number of allylic oxidation sites excluding steroid dienone is 3. The minimum Gasteiger partial charge on any atom is -0.444 e. The maximum atomic E-state index is 13.5. The summed E-state index contributed by atoms with van der Waals surface area (Å²) in [5.74, 6) is -0.00342. The van der Waals surface area contributed by atoms with Gasteiger partial charge < -0.3 is 14.5 Å². The summed E-state index contributed by atoms with van der Waals surface area (Å²) >= 11 is 3.49. The van der Waals surface area contributed by atoms with Crippen molar-refractivity contribution in [2.45, 2.75) is 59.1 Å². The molecule has 0 aromatic heterocycles. The summed E-state index contributed by atoms with van der Waals surface area (Å²) in [6, 6.07) is 7.70. The van der Waals surface area contributed by atoms with Crippen LogP contribution in [0.25, 0.3) is 0 Å². The quantitative estimate of drug-likeness (QED) is 0.432. The number of hydrogen-bond acceptors (Lipinski definition) is 3. The number of amides is 2. The van der Waals surface area contributed by atoms with Crippen LogP contribution in [0.5, 0.6) is 0 Å². The molecular formula is C26H35BrN2O3. The molecule has 1 aromatic carbocycles. The summed E-state index contributed by atoms with van der Waals surface area (Å²) in [5, 5.41) is 0. The molecule has 1 saturated heterocycles. The lowest BCUT2D eigenvalue weighted by molar-refractivity contribution is 0.0152. The molecule has 0 bridgehead atoms. The van der Waals surface area contributed by atoms with E-state index in [2.05, 4.69) is 22.5 Å². The second kappa shape index (κ2) is 11.5. The van der Waals surface area contributed by atoms with Crippen LogP contribution in [0.3, 0.4) is 0 Å².